The number of carbonyl (C=O) groups is 2. The Morgan fingerprint density at radius 3 is 2.32 bits per heavy atom. The molecule has 5 atom stereocenters. The minimum atomic E-state index is -1.03. The number of rotatable bonds is 5. The third-order valence-corrected chi connectivity index (χ3v) is 7.17. The van der Waals surface area contributed by atoms with Crippen LogP contribution in [-0.4, -0.2) is 42.0 Å². The van der Waals surface area contributed by atoms with E-state index in [9.17, 15) is 14.7 Å². The molecule has 1 N–H and O–H groups in total. The lowest BCUT2D eigenvalue weighted by Gasteiger charge is -2.45. The maximum Gasteiger partial charge on any atom is 0.338 e. The average molecular weight is 431 g/mol. The minimum Gasteiger partial charge on any atom is -0.497 e. The molecule has 0 aromatic heterocycles. The van der Waals surface area contributed by atoms with Gasteiger partial charge in [-0.2, -0.15) is 0 Å². The summed E-state index contributed by atoms with van der Waals surface area (Å²) in [7, 11) is 1.57. The number of aliphatic hydroxyl groups is 1. The van der Waals surface area contributed by atoms with Gasteiger partial charge in [0.15, 0.2) is 0 Å². The van der Waals surface area contributed by atoms with Crippen LogP contribution >= 0.6 is 0 Å². The van der Waals surface area contributed by atoms with Crippen molar-refractivity contribution in [3.63, 3.8) is 0 Å². The van der Waals surface area contributed by atoms with Gasteiger partial charge in [-0.1, -0.05) is 26.3 Å². The van der Waals surface area contributed by atoms with Gasteiger partial charge >= 0.3 is 11.9 Å². The van der Waals surface area contributed by atoms with Gasteiger partial charge in [0, 0.05) is 24.7 Å². The average Bonchev–Trinajstić information content (AvgIpc) is 2.94. The van der Waals surface area contributed by atoms with Crippen molar-refractivity contribution in [1.29, 1.82) is 0 Å². The second-order valence-electron chi connectivity index (χ2n) is 9.55. The van der Waals surface area contributed by atoms with Crippen molar-refractivity contribution in [3.8, 4) is 5.75 Å². The van der Waals surface area contributed by atoms with Crippen molar-refractivity contribution in [3.05, 3.63) is 41.5 Å². The normalized spacial score (nSPS) is 32.6. The van der Waals surface area contributed by atoms with E-state index in [0.717, 1.165) is 5.57 Å². The summed E-state index contributed by atoms with van der Waals surface area (Å²) in [6.45, 7) is 9.36. The van der Waals surface area contributed by atoms with Crippen LogP contribution in [0, 0.1) is 17.3 Å². The Hall–Kier alpha value is -2.34. The predicted molar refractivity (Wildman–Crippen MR) is 117 cm³/mol. The fourth-order valence-corrected chi connectivity index (χ4v) is 5.41. The smallest absolute Gasteiger partial charge is 0.338 e. The van der Waals surface area contributed by atoms with Gasteiger partial charge in [-0.15, -0.1) is 0 Å². The third-order valence-electron chi connectivity index (χ3n) is 7.17. The molecule has 1 saturated carbocycles. The molecule has 2 aliphatic carbocycles. The standard InChI is InChI=1S/C25H34O6/c1-15(2)25(28)12-11-24(5)21(30-17(4)26)14-16(3)13-20(22(24)25)31-23(27)18-7-9-19(29-6)10-8-18/h7-10,14-15,20-22,28H,11-13H2,1-6H3/t20-,21-,22-,24-,25+/m0/s1. The van der Waals surface area contributed by atoms with Crippen LogP contribution in [-0.2, 0) is 14.3 Å². The van der Waals surface area contributed by atoms with Gasteiger partial charge in [0.1, 0.15) is 18.0 Å². The van der Waals surface area contributed by atoms with Crippen LogP contribution in [0.5, 0.6) is 5.75 Å². The Kier molecular flexibility index (Phi) is 6.51. The zero-order valence-electron chi connectivity index (χ0n) is 19.3. The number of carbonyl (C=O) groups excluding carboxylic acids is 2. The molecule has 0 bridgehead atoms. The monoisotopic (exact) mass is 430 g/mol. The largest absolute Gasteiger partial charge is 0.497 e. The van der Waals surface area contributed by atoms with E-state index >= 15 is 0 Å². The van der Waals surface area contributed by atoms with Crippen LogP contribution in [0.15, 0.2) is 35.9 Å². The van der Waals surface area contributed by atoms with Gasteiger partial charge in [0.25, 0.3) is 0 Å². The molecule has 170 valence electrons. The fourth-order valence-electron chi connectivity index (χ4n) is 5.41. The molecule has 1 aromatic rings. The Labute approximate surface area is 184 Å². The summed E-state index contributed by atoms with van der Waals surface area (Å²) in [5, 5.41) is 11.7. The molecule has 2 aliphatic rings. The minimum absolute atomic E-state index is 0.0436. The Balaban J connectivity index is 1.98. The highest BCUT2D eigenvalue weighted by atomic mass is 16.6. The summed E-state index contributed by atoms with van der Waals surface area (Å²) in [5.41, 5.74) is -0.180. The number of esters is 2. The van der Waals surface area contributed by atoms with E-state index in [1.165, 1.54) is 6.92 Å². The van der Waals surface area contributed by atoms with Crippen LogP contribution in [0.1, 0.15) is 64.2 Å². The van der Waals surface area contributed by atoms with Crippen molar-refractivity contribution in [2.45, 2.75) is 71.7 Å². The van der Waals surface area contributed by atoms with E-state index in [4.69, 9.17) is 14.2 Å². The first-order chi connectivity index (χ1) is 14.5. The Bertz CT molecular complexity index is 857. The number of methoxy groups -OCH3 is 1. The quantitative estimate of drug-likeness (QED) is 0.554. The molecule has 1 fully saturated rings. The van der Waals surface area contributed by atoms with E-state index in [-0.39, 0.29) is 17.8 Å². The number of hydrogen-bond donors (Lipinski definition) is 1. The molecule has 0 radical (unpaired) electrons. The zero-order chi connectivity index (χ0) is 23.0. The number of ether oxygens (including phenoxy) is 3. The van der Waals surface area contributed by atoms with E-state index < -0.39 is 29.2 Å². The number of benzene rings is 1. The maximum absolute atomic E-state index is 13.0. The molecule has 31 heavy (non-hydrogen) atoms. The van der Waals surface area contributed by atoms with Gasteiger partial charge in [0.05, 0.1) is 18.3 Å². The van der Waals surface area contributed by atoms with Crippen LogP contribution in [0.2, 0.25) is 0 Å². The van der Waals surface area contributed by atoms with Crippen LogP contribution < -0.4 is 4.74 Å². The third kappa shape index (κ3) is 4.36. The molecule has 0 heterocycles. The van der Waals surface area contributed by atoms with E-state index in [1.807, 2.05) is 33.8 Å². The van der Waals surface area contributed by atoms with Gasteiger partial charge in [-0.25, -0.2) is 4.79 Å². The van der Waals surface area contributed by atoms with E-state index in [1.54, 1.807) is 31.4 Å². The summed E-state index contributed by atoms with van der Waals surface area (Å²) in [6, 6.07) is 6.78. The van der Waals surface area contributed by atoms with Gasteiger partial charge in [-0.3, -0.25) is 4.79 Å². The molecule has 6 nitrogen and oxygen atoms in total. The van der Waals surface area contributed by atoms with Crippen molar-refractivity contribution in [2.75, 3.05) is 7.11 Å². The summed E-state index contributed by atoms with van der Waals surface area (Å²) in [5.74, 6) is -0.556. The fraction of sp³-hybridized carbons (Fsp3) is 0.600. The highest BCUT2D eigenvalue weighted by Crippen LogP contribution is 2.58. The first-order valence-corrected chi connectivity index (χ1v) is 10.9. The lowest BCUT2D eigenvalue weighted by atomic mass is 9.66. The van der Waals surface area contributed by atoms with E-state index in [2.05, 4.69) is 0 Å². The van der Waals surface area contributed by atoms with Gasteiger partial charge < -0.3 is 19.3 Å². The van der Waals surface area contributed by atoms with E-state index in [0.29, 0.717) is 30.6 Å². The van der Waals surface area contributed by atoms with Crippen molar-refractivity contribution < 1.29 is 28.9 Å². The number of hydrogen-bond acceptors (Lipinski definition) is 6. The summed E-state index contributed by atoms with van der Waals surface area (Å²) in [6.07, 6.45) is 2.66. The lowest BCUT2D eigenvalue weighted by Crippen LogP contribution is -2.53. The molecule has 0 aliphatic heterocycles. The van der Waals surface area contributed by atoms with Crippen molar-refractivity contribution >= 4 is 11.9 Å². The lowest BCUT2D eigenvalue weighted by molar-refractivity contribution is -0.161. The second kappa shape index (κ2) is 8.65. The van der Waals surface area contributed by atoms with Crippen LogP contribution in [0.3, 0.4) is 0 Å². The molecule has 0 amide bonds. The number of fused-ring (bicyclic) bond motifs is 1. The van der Waals surface area contributed by atoms with Crippen LogP contribution in [0.4, 0.5) is 0 Å². The van der Waals surface area contributed by atoms with Gasteiger partial charge in [0.2, 0.25) is 0 Å². The van der Waals surface area contributed by atoms with Gasteiger partial charge in [-0.05, 0) is 56.0 Å². The molecule has 3 rings (SSSR count). The van der Waals surface area contributed by atoms with Crippen molar-refractivity contribution in [2.24, 2.45) is 17.3 Å². The predicted octanol–water partition coefficient (Wildman–Crippen LogP) is 4.31. The summed E-state index contributed by atoms with van der Waals surface area (Å²) >= 11 is 0. The molecular weight excluding hydrogens is 396 g/mol. The SMILES string of the molecule is COc1ccc(C(=O)O[C@H]2CC(C)=C[C@H](OC(C)=O)[C@]3(C)CC[C@@](O)(C(C)C)[C@@H]23)cc1. The van der Waals surface area contributed by atoms with Crippen molar-refractivity contribution in [1.82, 2.24) is 0 Å². The molecular formula is C25H34O6. The topological polar surface area (TPSA) is 82.1 Å². The first kappa shape index (κ1) is 23.3. The highest BCUT2D eigenvalue weighted by molar-refractivity contribution is 5.89. The zero-order valence-corrected chi connectivity index (χ0v) is 19.3. The highest BCUT2D eigenvalue weighted by Gasteiger charge is 2.63. The first-order valence-electron chi connectivity index (χ1n) is 10.9. The second-order valence-corrected chi connectivity index (χ2v) is 9.55. The molecule has 0 unspecified atom stereocenters. The summed E-state index contributed by atoms with van der Waals surface area (Å²) in [4.78, 5) is 24.9. The molecule has 0 spiro atoms. The molecule has 6 heteroatoms. The Morgan fingerprint density at radius 1 is 1.13 bits per heavy atom. The maximum atomic E-state index is 13.0. The molecule has 0 saturated heterocycles. The summed E-state index contributed by atoms with van der Waals surface area (Å²) < 4.78 is 16.9. The Morgan fingerprint density at radius 2 is 1.77 bits per heavy atom. The van der Waals surface area contributed by atoms with Crippen LogP contribution in [0.25, 0.3) is 0 Å². The molecule has 1 aromatic carbocycles.